The van der Waals surface area contributed by atoms with Crippen molar-refractivity contribution in [3.8, 4) is 0 Å². The SMILES string of the molecule is CC(C)(SCC1CCNC1)C(=O)Nc1cc(C(C)(C)C)on1. The van der Waals surface area contributed by atoms with Crippen LogP contribution in [0.5, 0.6) is 0 Å². The molecule has 1 aliphatic rings. The highest BCUT2D eigenvalue weighted by atomic mass is 32.2. The maximum Gasteiger partial charge on any atom is 0.241 e. The molecule has 5 nitrogen and oxygen atoms in total. The van der Waals surface area contributed by atoms with Crippen molar-refractivity contribution in [1.29, 1.82) is 0 Å². The van der Waals surface area contributed by atoms with Gasteiger partial charge >= 0.3 is 0 Å². The number of carbonyl (C=O) groups is 1. The predicted molar refractivity (Wildman–Crippen MR) is 91.3 cm³/mol. The first-order valence-corrected chi connectivity index (χ1v) is 8.80. The lowest BCUT2D eigenvalue weighted by Crippen LogP contribution is -2.35. The molecule has 1 aromatic rings. The first-order valence-electron chi connectivity index (χ1n) is 7.82. The second-order valence-electron chi connectivity index (χ2n) is 7.46. The van der Waals surface area contributed by atoms with Gasteiger partial charge in [0.25, 0.3) is 0 Å². The van der Waals surface area contributed by atoms with Crippen molar-refractivity contribution in [1.82, 2.24) is 10.5 Å². The van der Waals surface area contributed by atoms with Crippen LogP contribution in [-0.4, -0.2) is 34.7 Å². The van der Waals surface area contributed by atoms with Crippen molar-refractivity contribution >= 4 is 23.5 Å². The molecule has 6 heteroatoms. The number of thioether (sulfide) groups is 1. The van der Waals surface area contributed by atoms with Gasteiger partial charge in [-0.25, -0.2) is 0 Å². The van der Waals surface area contributed by atoms with Gasteiger partial charge in [-0.1, -0.05) is 25.9 Å². The zero-order chi connectivity index (χ0) is 16.4. The smallest absolute Gasteiger partial charge is 0.241 e. The van der Waals surface area contributed by atoms with Gasteiger partial charge in [-0.2, -0.15) is 0 Å². The van der Waals surface area contributed by atoms with E-state index >= 15 is 0 Å². The van der Waals surface area contributed by atoms with Crippen LogP contribution >= 0.6 is 11.8 Å². The van der Waals surface area contributed by atoms with Gasteiger partial charge in [-0.3, -0.25) is 4.79 Å². The lowest BCUT2D eigenvalue weighted by atomic mass is 9.93. The molecule has 1 atom stereocenters. The summed E-state index contributed by atoms with van der Waals surface area (Å²) in [7, 11) is 0. The average molecular weight is 325 g/mol. The molecule has 1 aliphatic heterocycles. The van der Waals surface area contributed by atoms with Crippen molar-refractivity contribution in [2.45, 2.75) is 51.2 Å². The van der Waals surface area contributed by atoms with Gasteiger partial charge < -0.3 is 15.2 Å². The maximum absolute atomic E-state index is 12.5. The summed E-state index contributed by atoms with van der Waals surface area (Å²) < 4.78 is 4.82. The van der Waals surface area contributed by atoms with Crippen LogP contribution < -0.4 is 10.6 Å². The van der Waals surface area contributed by atoms with E-state index in [0.29, 0.717) is 11.7 Å². The van der Waals surface area contributed by atoms with Gasteiger partial charge in [0.05, 0.1) is 4.75 Å². The Morgan fingerprint density at radius 1 is 1.45 bits per heavy atom. The fraction of sp³-hybridized carbons (Fsp3) is 0.750. The van der Waals surface area contributed by atoms with Crippen LogP contribution in [0, 0.1) is 5.92 Å². The normalized spacial score (nSPS) is 19.4. The number of rotatable bonds is 5. The Bertz CT molecular complexity index is 514. The number of anilines is 1. The lowest BCUT2D eigenvalue weighted by Gasteiger charge is -2.23. The van der Waals surface area contributed by atoms with Crippen molar-refractivity contribution in [3.63, 3.8) is 0 Å². The van der Waals surface area contributed by atoms with E-state index in [4.69, 9.17) is 4.52 Å². The zero-order valence-electron chi connectivity index (χ0n) is 14.2. The van der Waals surface area contributed by atoms with Crippen molar-refractivity contribution in [3.05, 3.63) is 11.8 Å². The molecule has 1 unspecified atom stereocenters. The van der Waals surface area contributed by atoms with Gasteiger partial charge in [0.15, 0.2) is 5.82 Å². The minimum Gasteiger partial charge on any atom is -0.359 e. The minimum atomic E-state index is -0.483. The summed E-state index contributed by atoms with van der Waals surface area (Å²) in [4.78, 5) is 12.5. The molecule has 0 aromatic carbocycles. The van der Waals surface area contributed by atoms with Crippen molar-refractivity contribution in [2.24, 2.45) is 5.92 Å². The number of carbonyl (C=O) groups excluding carboxylic acids is 1. The molecule has 0 radical (unpaired) electrons. The van der Waals surface area contributed by atoms with Crippen LogP contribution in [0.4, 0.5) is 5.82 Å². The highest BCUT2D eigenvalue weighted by Gasteiger charge is 2.31. The third-order valence-electron chi connectivity index (χ3n) is 3.88. The highest BCUT2D eigenvalue weighted by Crippen LogP contribution is 2.30. The molecule has 0 aliphatic carbocycles. The molecule has 2 rings (SSSR count). The molecule has 1 saturated heterocycles. The van der Waals surface area contributed by atoms with E-state index < -0.39 is 4.75 Å². The van der Waals surface area contributed by atoms with Crippen LogP contribution in [0.25, 0.3) is 0 Å². The van der Waals surface area contributed by atoms with Gasteiger partial charge in [-0.05, 0) is 45.0 Å². The number of hydrogen-bond donors (Lipinski definition) is 2. The number of aromatic nitrogens is 1. The molecular formula is C16H27N3O2S. The molecule has 0 spiro atoms. The molecule has 0 saturated carbocycles. The number of amides is 1. The van der Waals surface area contributed by atoms with Gasteiger partial charge in [0.1, 0.15) is 5.76 Å². The number of nitrogens with one attached hydrogen (secondary N) is 2. The fourth-order valence-corrected chi connectivity index (χ4v) is 3.32. The van der Waals surface area contributed by atoms with E-state index in [1.54, 1.807) is 17.8 Å². The summed E-state index contributed by atoms with van der Waals surface area (Å²) in [5.41, 5.74) is -0.115. The van der Waals surface area contributed by atoms with Crippen molar-refractivity contribution in [2.75, 3.05) is 24.2 Å². The summed E-state index contributed by atoms with van der Waals surface area (Å²) in [6.45, 7) is 12.2. The topological polar surface area (TPSA) is 67.2 Å². The summed E-state index contributed by atoms with van der Waals surface area (Å²) in [6.07, 6.45) is 1.20. The molecule has 1 amide bonds. The predicted octanol–water partition coefficient (Wildman–Crippen LogP) is 3.03. The molecule has 1 aromatic heterocycles. The van der Waals surface area contributed by atoms with Gasteiger partial charge in [0, 0.05) is 11.5 Å². The molecule has 22 heavy (non-hydrogen) atoms. The second-order valence-corrected chi connectivity index (χ2v) is 9.10. The Labute approximate surface area is 137 Å². The lowest BCUT2D eigenvalue weighted by molar-refractivity contribution is -0.117. The van der Waals surface area contributed by atoms with E-state index in [2.05, 4.69) is 36.6 Å². The zero-order valence-corrected chi connectivity index (χ0v) is 15.0. The van der Waals surface area contributed by atoms with E-state index in [9.17, 15) is 4.79 Å². The Balaban J connectivity index is 1.90. The highest BCUT2D eigenvalue weighted by molar-refractivity contribution is 8.01. The Morgan fingerprint density at radius 2 is 2.18 bits per heavy atom. The number of hydrogen-bond acceptors (Lipinski definition) is 5. The summed E-state index contributed by atoms with van der Waals surface area (Å²) in [5.74, 6) is 2.89. The van der Waals surface area contributed by atoms with Crippen LogP contribution in [-0.2, 0) is 10.2 Å². The minimum absolute atomic E-state index is 0.0304. The maximum atomic E-state index is 12.5. The number of nitrogens with zero attached hydrogens (tertiary/aromatic N) is 1. The second kappa shape index (κ2) is 6.62. The van der Waals surface area contributed by atoms with Crippen LogP contribution in [0.1, 0.15) is 46.8 Å². The van der Waals surface area contributed by atoms with Crippen molar-refractivity contribution < 1.29 is 9.32 Å². The third kappa shape index (κ3) is 4.49. The summed E-state index contributed by atoms with van der Waals surface area (Å²) in [6, 6.07) is 1.81. The molecule has 2 heterocycles. The largest absolute Gasteiger partial charge is 0.359 e. The van der Waals surface area contributed by atoms with E-state index in [0.717, 1.165) is 24.6 Å². The van der Waals surface area contributed by atoms with Crippen LogP contribution in [0.2, 0.25) is 0 Å². The first-order chi connectivity index (χ1) is 10.2. The van der Waals surface area contributed by atoms with Gasteiger partial charge in [-0.15, -0.1) is 11.8 Å². The first kappa shape index (κ1) is 17.3. The van der Waals surface area contributed by atoms with Gasteiger partial charge in [0.2, 0.25) is 5.91 Å². The van der Waals surface area contributed by atoms with E-state index in [1.807, 2.05) is 13.8 Å². The third-order valence-corrected chi connectivity index (χ3v) is 5.43. The molecule has 2 N–H and O–H groups in total. The van der Waals surface area contributed by atoms with Crippen LogP contribution in [0.3, 0.4) is 0 Å². The Hall–Kier alpha value is -1.01. The monoisotopic (exact) mass is 325 g/mol. The van der Waals surface area contributed by atoms with E-state index in [1.165, 1.54) is 6.42 Å². The molecule has 124 valence electrons. The quantitative estimate of drug-likeness (QED) is 0.871. The Kier molecular flexibility index (Phi) is 5.22. The van der Waals surface area contributed by atoms with Crippen LogP contribution in [0.15, 0.2) is 10.6 Å². The Morgan fingerprint density at radius 3 is 2.73 bits per heavy atom. The summed E-state index contributed by atoms with van der Waals surface area (Å²) >= 11 is 1.71. The average Bonchev–Trinajstić information content (AvgIpc) is 3.06. The standard InChI is InChI=1S/C16H27N3O2S/c1-15(2,3)12-8-13(19-21-12)18-14(20)16(4,5)22-10-11-6-7-17-9-11/h8,11,17H,6-7,9-10H2,1-5H3,(H,18,19,20). The molecule has 0 bridgehead atoms. The molecule has 1 fully saturated rings. The molecular weight excluding hydrogens is 298 g/mol. The fourth-order valence-electron chi connectivity index (χ4n) is 2.20. The van der Waals surface area contributed by atoms with E-state index in [-0.39, 0.29) is 11.3 Å². The summed E-state index contributed by atoms with van der Waals surface area (Å²) in [5, 5.41) is 10.2.